The van der Waals surface area contributed by atoms with Gasteiger partial charge in [-0.15, -0.1) is 21.5 Å². The molecule has 0 unspecified atom stereocenters. The zero-order valence-electron chi connectivity index (χ0n) is 18.4. The molecule has 2 aromatic heterocycles. The summed E-state index contributed by atoms with van der Waals surface area (Å²) in [4.78, 5) is 18.9. The molecule has 0 radical (unpaired) electrons. The van der Waals surface area contributed by atoms with Gasteiger partial charge >= 0.3 is 5.97 Å². The van der Waals surface area contributed by atoms with E-state index in [0.29, 0.717) is 5.82 Å². The normalized spacial score (nSPS) is 16.3. The second-order valence-electron chi connectivity index (χ2n) is 8.25. The molecule has 0 amide bonds. The largest absolute Gasteiger partial charge is 0.460 e. The van der Waals surface area contributed by atoms with E-state index >= 15 is 0 Å². The minimum Gasteiger partial charge on any atom is -0.460 e. The number of thiophene rings is 1. The number of fused-ring (bicyclic) bond motifs is 3. The summed E-state index contributed by atoms with van der Waals surface area (Å²) in [7, 11) is 0. The summed E-state index contributed by atoms with van der Waals surface area (Å²) in [5, 5.41) is 9.68. The van der Waals surface area contributed by atoms with Crippen LogP contribution in [0, 0.1) is 20.8 Å². The second-order valence-corrected chi connectivity index (χ2v) is 9.45. The van der Waals surface area contributed by atoms with Crippen LogP contribution in [0.15, 0.2) is 42.0 Å². The van der Waals surface area contributed by atoms with Crippen molar-refractivity contribution < 1.29 is 9.53 Å². The van der Waals surface area contributed by atoms with E-state index in [1.54, 1.807) is 23.5 Å². The fourth-order valence-corrected chi connectivity index (χ4v) is 4.65. The summed E-state index contributed by atoms with van der Waals surface area (Å²) < 4.78 is 7.57. The summed E-state index contributed by atoms with van der Waals surface area (Å²) in [6, 6.07) is -0.525. The van der Waals surface area contributed by atoms with E-state index in [1.807, 2.05) is 38.3 Å². The maximum Gasteiger partial charge on any atom is 0.308 e. The number of hydrogen-bond acceptors (Lipinski definition) is 6. The number of rotatable bonds is 5. The van der Waals surface area contributed by atoms with Gasteiger partial charge in [-0.05, 0) is 52.7 Å². The van der Waals surface area contributed by atoms with Gasteiger partial charge in [0.1, 0.15) is 22.5 Å². The molecule has 6 nitrogen and oxygen atoms in total. The quantitative estimate of drug-likeness (QED) is 0.493. The summed E-state index contributed by atoms with van der Waals surface area (Å²) in [5.41, 5.74) is 3.21. The first-order valence-corrected chi connectivity index (χ1v) is 10.7. The molecule has 2 aromatic rings. The Hall–Kier alpha value is -2.80. The molecule has 0 N–H and O–H groups in total. The molecule has 30 heavy (non-hydrogen) atoms. The van der Waals surface area contributed by atoms with Gasteiger partial charge in [0.25, 0.3) is 0 Å². The van der Waals surface area contributed by atoms with Crippen LogP contribution in [0.2, 0.25) is 0 Å². The molecule has 0 aliphatic carbocycles. The van der Waals surface area contributed by atoms with Crippen LogP contribution in [0.25, 0.3) is 5.00 Å². The van der Waals surface area contributed by atoms with Crippen LogP contribution in [0.1, 0.15) is 60.9 Å². The molecule has 0 bridgehead atoms. The molecular weight excluding hydrogens is 396 g/mol. The summed E-state index contributed by atoms with van der Waals surface area (Å²) in [5.74, 6) is 1.07. The van der Waals surface area contributed by atoms with Crippen molar-refractivity contribution in [2.24, 2.45) is 4.99 Å². The molecule has 0 spiro atoms. The Morgan fingerprint density at radius 2 is 1.93 bits per heavy atom. The number of ether oxygens (including phenoxy) is 1. The smallest absolute Gasteiger partial charge is 0.308 e. The molecular formula is C23H28N4O2S. The fourth-order valence-electron chi connectivity index (χ4n) is 3.44. The van der Waals surface area contributed by atoms with Crippen molar-refractivity contribution in [3.8, 4) is 5.00 Å². The number of carbonyl (C=O) groups is 1. The zero-order valence-corrected chi connectivity index (χ0v) is 19.3. The van der Waals surface area contributed by atoms with Crippen molar-refractivity contribution >= 4 is 23.0 Å². The Labute approximate surface area is 181 Å². The van der Waals surface area contributed by atoms with Gasteiger partial charge in [-0.3, -0.25) is 14.4 Å². The first kappa shape index (κ1) is 21.9. The van der Waals surface area contributed by atoms with Crippen molar-refractivity contribution in [1.29, 1.82) is 0 Å². The van der Waals surface area contributed by atoms with Gasteiger partial charge in [0.05, 0.1) is 12.1 Å². The van der Waals surface area contributed by atoms with E-state index in [-0.39, 0.29) is 12.4 Å². The molecule has 1 aliphatic heterocycles. The Kier molecular flexibility index (Phi) is 5.94. The maximum absolute atomic E-state index is 12.7. The predicted octanol–water partition coefficient (Wildman–Crippen LogP) is 5.13. The van der Waals surface area contributed by atoms with Crippen LogP contribution in [0.4, 0.5) is 0 Å². The van der Waals surface area contributed by atoms with Gasteiger partial charge in [-0.2, -0.15) is 0 Å². The van der Waals surface area contributed by atoms with Gasteiger partial charge in [0.15, 0.2) is 5.82 Å². The van der Waals surface area contributed by atoms with Crippen LogP contribution < -0.4 is 0 Å². The standard InChI is InChI=1S/C23H28N4O2S/c1-9-11-16(10-2)20-19-13(3)14(4)30-22(19)27-15(5)25-26-21(27)17(24-20)12-18(28)29-23(6,7)8/h9-11,17H,1-2,12H2,3-8H3/b16-11+/t17-/m0/s1. The first-order chi connectivity index (χ1) is 14.1. The summed E-state index contributed by atoms with van der Waals surface area (Å²) in [6.45, 7) is 19.4. The lowest BCUT2D eigenvalue weighted by atomic mass is 9.99. The lowest BCUT2D eigenvalue weighted by Gasteiger charge is -2.21. The van der Waals surface area contributed by atoms with E-state index in [2.05, 4.69) is 37.2 Å². The highest BCUT2D eigenvalue weighted by atomic mass is 32.1. The minimum absolute atomic E-state index is 0.0738. The van der Waals surface area contributed by atoms with E-state index in [4.69, 9.17) is 9.73 Å². The van der Waals surface area contributed by atoms with Crippen molar-refractivity contribution in [3.63, 3.8) is 0 Å². The Morgan fingerprint density at radius 3 is 2.53 bits per heavy atom. The van der Waals surface area contributed by atoms with Crippen molar-refractivity contribution in [1.82, 2.24) is 14.8 Å². The monoisotopic (exact) mass is 424 g/mol. The lowest BCUT2D eigenvalue weighted by Crippen LogP contribution is -2.25. The molecule has 3 rings (SSSR count). The first-order valence-electron chi connectivity index (χ1n) is 9.85. The topological polar surface area (TPSA) is 69.4 Å². The summed E-state index contributed by atoms with van der Waals surface area (Å²) >= 11 is 1.67. The van der Waals surface area contributed by atoms with E-state index in [1.165, 1.54) is 4.88 Å². The van der Waals surface area contributed by atoms with E-state index in [0.717, 1.165) is 33.2 Å². The average molecular weight is 425 g/mol. The van der Waals surface area contributed by atoms with E-state index < -0.39 is 11.6 Å². The molecule has 3 heterocycles. The fraction of sp³-hybridized carbons (Fsp3) is 0.391. The Bertz CT molecular complexity index is 1080. The molecule has 0 saturated carbocycles. The third-order valence-electron chi connectivity index (χ3n) is 4.81. The van der Waals surface area contributed by atoms with Crippen LogP contribution in [0.3, 0.4) is 0 Å². The van der Waals surface area contributed by atoms with Gasteiger partial charge in [0, 0.05) is 10.4 Å². The lowest BCUT2D eigenvalue weighted by molar-refractivity contribution is -0.155. The molecule has 158 valence electrons. The highest BCUT2D eigenvalue weighted by Gasteiger charge is 2.33. The molecule has 0 fully saturated rings. The van der Waals surface area contributed by atoms with Gasteiger partial charge in [-0.25, -0.2) is 0 Å². The van der Waals surface area contributed by atoms with Crippen LogP contribution >= 0.6 is 11.3 Å². The highest BCUT2D eigenvalue weighted by molar-refractivity contribution is 7.15. The number of hydrogen-bond donors (Lipinski definition) is 0. The number of allylic oxidation sites excluding steroid dienone is 4. The number of nitrogens with zero attached hydrogens (tertiary/aromatic N) is 4. The number of aromatic nitrogens is 3. The van der Waals surface area contributed by atoms with E-state index in [9.17, 15) is 4.79 Å². The molecule has 1 aliphatic rings. The number of aliphatic imine (C=N–C) groups is 1. The van der Waals surface area contributed by atoms with Crippen molar-refractivity contribution in [2.75, 3.05) is 0 Å². The van der Waals surface area contributed by atoms with Crippen LogP contribution in [0.5, 0.6) is 0 Å². The zero-order chi connectivity index (χ0) is 22.2. The van der Waals surface area contributed by atoms with Gasteiger partial charge in [-0.1, -0.05) is 31.4 Å². The van der Waals surface area contributed by atoms with Gasteiger partial charge < -0.3 is 4.74 Å². The maximum atomic E-state index is 12.7. The SMILES string of the molecule is C=C/C=C(\C=C)C1=N[C@@H](CC(=O)OC(C)(C)C)c2nnc(C)n2-c2sc(C)c(C)c21. The van der Waals surface area contributed by atoms with Crippen molar-refractivity contribution in [3.05, 3.63) is 64.6 Å². The molecule has 0 saturated heterocycles. The predicted molar refractivity (Wildman–Crippen MR) is 122 cm³/mol. The second kappa shape index (κ2) is 8.14. The minimum atomic E-state index is -0.570. The molecule has 7 heteroatoms. The third kappa shape index (κ3) is 4.07. The number of aryl methyl sites for hydroxylation is 2. The van der Waals surface area contributed by atoms with Crippen LogP contribution in [-0.4, -0.2) is 32.0 Å². The van der Waals surface area contributed by atoms with Crippen LogP contribution in [-0.2, 0) is 9.53 Å². The highest BCUT2D eigenvalue weighted by Crippen LogP contribution is 2.39. The Morgan fingerprint density at radius 1 is 1.23 bits per heavy atom. The average Bonchev–Trinajstić information content (AvgIpc) is 3.11. The molecule has 1 atom stereocenters. The number of esters is 1. The summed E-state index contributed by atoms with van der Waals surface area (Å²) in [6.07, 6.45) is 5.43. The van der Waals surface area contributed by atoms with Gasteiger partial charge in [0.2, 0.25) is 0 Å². The molecule has 0 aromatic carbocycles. The number of carbonyl (C=O) groups excluding carboxylic acids is 1. The van der Waals surface area contributed by atoms with Crippen molar-refractivity contribution in [2.45, 2.75) is 59.6 Å². The Balaban J connectivity index is 2.24. The third-order valence-corrected chi connectivity index (χ3v) is 6.00.